The Labute approximate surface area is 183 Å². The third-order valence-corrected chi connectivity index (χ3v) is 7.30. The Morgan fingerprint density at radius 1 is 1.10 bits per heavy atom. The monoisotopic (exact) mass is 424 g/mol. The van der Waals surface area contributed by atoms with Crippen molar-refractivity contribution in [2.24, 2.45) is 0 Å². The Balaban J connectivity index is 1.61. The van der Waals surface area contributed by atoms with Gasteiger partial charge in [-0.25, -0.2) is 4.68 Å². The van der Waals surface area contributed by atoms with E-state index in [-0.39, 0.29) is 11.6 Å². The number of aryl methyl sites for hydroxylation is 2. The van der Waals surface area contributed by atoms with E-state index in [4.69, 9.17) is 0 Å². The first kappa shape index (κ1) is 21.0. The maximum Gasteiger partial charge on any atom is 0.174 e. The Morgan fingerprint density at radius 3 is 2.53 bits per heavy atom. The normalized spacial score (nSPS) is 16.8. The van der Waals surface area contributed by atoms with Gasteiger partial charge >= 0.3 is 0 Å². The molecule has 1 aromatic carbocycles. The van der Waals surface area contributed by atoms with E-state index in [2.05, 4.69) is 95.7 Å². The van der Waals surface area contributed by atoms with Crippen LogP contribution in [0, 0.1) is 13.8 Å². The lowest BCUT2D eigenvalue weighted by Gasteiger charge is -2.40. The number of benzene rings is 1. The van der Waals surface area contributed by atoms with Gasteiger partial charge in [0.05, 0.1) is 5.54 Å². The summed E-state index contributed by atoms with van der Waals surface area (Å²) in [5.41, 5.74) is 3.90. The summed E-state index contributed by atoms with van der Waals surface area (Å²) in [5, 5.41) is 15.1. The Morgan fingerprint density at radius 2 is 1.87 bits per heavy atom. The molecule has 6 nitrogen and oxygen atoms in total. The molecule has 1 unspecified atom stereocenters. The molecule has 4 rings (SSSR count). The molecule has 0 saturated carbocycles. The average molecular weight is 425 g/mol. The Bertz CT molecular complexity index is 970. The molecule has 1 saturated heterocycles. The molecule has 30 heavy (non-hydrogen) atoms. The molecule has 0 amide bonds. The van der Waals surface area contributed by atoms with E-state index in [1.807, 2.05) is 4.68 Å². The minimum absolute atomic E-state index is 0.0894. The van der Waals surface area contributed by atoms with Gasteiger partial charge in [-0.2, -0.15) is 0 Å². The fraction of sp³-hybridized carbons (Fsp3) is 0.522. The number of piperazine rings is 1. The number of anilines is 1. The van der Waals surface area contributed by atoms with Gasteiger partial charge in [-0.05, 0) is 73.2 Å². The van der Waals surface area contributed by atoms with Gasteiger partial charge in [0.25, 0.3) is 0 Å². The number of nitrogens with zero attached hydrogens (tertiary/aromatic N) is 6. The van der Waals surface area contributed by atoms with E-state index in [0.29, 0.717) is 0 Å². The predicted octanol–water partition coefficient (Wildman–Crippen LogP) is 4.41. The summed E-state index contributed by atoms with van der Waals surface area (Å²) in [6.07, 6.45) is 0.975. The smallest absolute Gasteiger partial charge is 0.174 e. The summed E-state index contributed by atoms with van der Waals surface area (Å²) in [7, 11) is 0. The van der Waals surface area contributed by atoms with E-state index < -0.39 is 0 Å². The number of thiophene rings is 1. The van der Waals surface area contributed by atoms with Crippen LogP contribution < -0.4 is 4.90 Å². The molecule has 3 heterocycles. The van der Waals surface area contributed by atoms with Crippen LogP contribution >= 0.6 is 11.3 Å². The summed E-state index contributed by atoms with van der Waals surface area (Å²) >= 11 is 1.79. The molecule has 0 radical (unpaired) electrons. The van der Waals surface area contributed by atoms with Gasteiger partial charge in [0.1, 0.15) is 6.04 Å². The molecule has 0 N–H and O–H groups in total. The second-order valence-corrected chi connectivity index (χ2v) is 9.83. The molecule has 0 aliphatic carbocycles. The summed E-state index contributed by atoms with van der Waals surface area (Å²) < 4.78 is 2.04. The number of hydrogen-bond donors (Lipinski definition) is 0. The van der Waals surface area contributed by atoms with Gasteiger partial charge in [0, 0.05) is 36.7 Å². The van der Waals surface area contributed by atoms with Crippen molar-refractivity contribution < 1.29 is 0 Å². The van der Waals surface area contributed by atoms with Crippen molar-refractivity contribution in [1.29, 1.82) is 0 Å². The molecule has 1 atom stereocenters. The molecule has 1 aliphatic heterocycles. The highest BCUT2D eigenvalue weighted by atomic mass is 32.1. The van der Waals surface area contributed by atoms with Crippen molar-refractivity contribution in [3.63, 3.8) is 0 Å². The third kappa shape index (κ3) is 4.01. The highest BCUT2D eigenvalue weighted by Gasteiger charge is 2.34. The lowest BCUT2D eigenvalue weighted by molar-refractivity contribution is 0.189. The molecule has 2 aromatic heterocycles. The van der Waals surface area contributed by atoms with Crippen LogP contribution in [0.1, 0.15) is 55.1 Å². The highest BCUT2D eigenvalue weighted by molar-refractivity contribution is 7.10. The number of tetrazole rings is 1. The standard InChI is InChI=1S/C23H32N6S/c1-6-23(4,5)29-22(24-25-26-29)21(20-8-7-15-30-20)28-13-11-27(12-14-28)19-16-17(2)9-10-18(19)3/h7-10,15-16,21H,6,11-14H2,1-5H3. The molecule has 3 aromatic rings. The van der Waals surface area contributed by atoms with E-state index in [0.717, 1.165) is 38.4 Å². The molecule has 1 fully saturated rings. The van der Waals surface area contributed by atoms with Gasteiger partial charge < -0.3 is 4.90 Å². The lowest BCUT2D eigenvalue weighted by Crippen LogP contribution is -2.49. The summed E-state index contributed by atoms with van der Waals surface area (Å²) in [4.78, 5) is 6.36. The molecular formula is C23H32N6S. The van der Waals surface area contributed by atoms with E-state index in [1.165, 1.54) is 21.7 Å². The van der Waals surface area contributed by atoms with Crippen molar-refractivity contribution in [2.45, 2.75) is 52.6 Å². The number of rotatable bonds is 6. The molecule has 160 valence electrons. The maximum absolute atomic E-state index is 4.52. The maximum atomic E-state index is 4.52. The van der Waals surface area contributed by atoms with Crippen LogP contribution in [0.15, 0.2) is 35.7 Å². The molecule has 0 spiro atoms. The largest absolute Gasteiger partial charge is 0.369 e. The van der Waals surface area contributed by atoms with Gasteiger partial charge in [0.15, 0.2) is 5.82 Å². The zero-order valence-corrected chi connectivity index (χ0v) is 19.5. The first-order valence-corrected chi connectivity index (χ1v) is 11.7. The van der Waals surface area contributed by atoms with Crippen LogP contribution in [0.3, 0.4) is 0 Å². The minimum atomic E-state index is -0.116. The zero-order chi connectivity index (χ0) is 21.3. The van der Waals surface area contributed by atoms with Crippen molar-refractivity contribution in [3.8, 4) is 0 Å². The summed E-state index contributed by atoms with van der Waals surface area (Å²) in [5.74, 6) is 0.949. The number of aromatic nitrogens is 4. The molecule has 7 heteroatoms. The van der Waals surface area contributed by atoms with Crippen LogP contribution in [0.4, 0.5) is 5.69 Å². The third-order valence-electron chi connectivity index (χ3n) is 6.37. The summed E-state index contributed by atoms with van der Waals surface area (Å²) in [6.45, 7) is 14.9. The van der Waals surface area contributed by atoms with Gasteiger partial charge in [-0.3, -0.25) is 4.90 Å². The molecular weight excluding hydrogens is 392 g/mol. The van der Waals surface area contributed by atoms with Crippen molar-refractivity contribution >= 4 is 17.0 Å². The van der Waals surface area contributed by atoms with Crippen LogP contribution in [0.2, 0.25) is 0 Å². The van der Waals surface area contributed by atoms with Crippen molar-refractivity contribution in [1.82, 2.24) is 25.1 Å². The van der Waals surface area contributed by atoms with E-state index in [1.54, 1.807) is 11.3 Å². The van der Waals surface area contributed by atoms with Crippen LogP contribution in [0.25, 0.3) is 0 Å². The van der Waals surface area contributed by atoms with Crippen molar-refractivity contribution in [2.75, 3.05) is 31.1 Å². The Hall–Kier alpha value is -2.25. The minimum Gasteiger partial charge on any atom is -0.369 e. The second kappa shape index (κ2) is 8.47. The quantitative estimate of drug-likeness (QED) is 0.587. The predicted molar refractivity (Wildman–Crippen MR) is 123 cm³/mol. The lowest BCUT2D eigenvalue weighted by atomic mass is 10.0. The highest BCUT2D eigenvalue weighted by Crippen LogP contribution is 2.34. The topological polar surface area (TPSA) is 50.1 Å². The molecule has 0 bridgehead atoms. The van der Waals surface area contributed by atoms with E-state index in [9.17, 15) is 0 Å². The van der Waals surface area contributed by atoms with Crippen molar-refractivity contribution in [3.05, 3.63) is 57.5 Å². The fourth-order valence-electron chi connectivity index (χ4n) is 4.14. The summed E-state index contributed by atoms with van der Waals surface area (Å²) in [6, 6.07) is 11.2. The Kier molecular flexibility index (Phi) is 5.93. The van der Waals surface area contributed by atoms with Crippen LogP contribution in [0.5, 0.6) is 0 Å². The molecule has 1 aliphatic rings. The fourth-order valence-corrected chi connectivity index (χ4v) is 5.00. The van der Waals surface area contributed by atoms with Crippen LogP contribution in [-0.4, -0.2) is 51.3 Å². The van der Waals surface area contributed by atoms with Crippen LogP contribution in [-0.2, 0) is 5.54 Å². The van der Waals surface area contributed by atoms with Gasteiger partial charge in [0.2, 0.25) is 0 Å². The first-order valence-electron chi connectivity index (χ1n) is 10.8. The van der Waals surface area contributed by atoms with Gasteiger partial charge in [-0.15, -0.1) is 16.4 Å². The SMILES string of the molecule is CCC(C)(C)n1nnnc1C(c1cccs1)N1CCN(c2cc(C)ccc2C)CC1. The van der Waals surface area contributed by atoms with E-state index >= 15 is 0 Å². The zero-order valence-electron chi connectivity index (χ0n) is 18.7. The second-order valence-electron chi connectivity index (χ2n) is 8.85. The number of hydrogen-bond acceptors (Lipinski definition) is 6. The first-order chi connectivity index (χ1) is 14.4. The van der Waals surface area contributed by atoms with Gasteiger partial charge in [-0.1, -0.05) is 25.1 Å². The average Bonchev–Trinajstić information content (AvgIpc) is 3.44.